The molecule has 0 saturated heterocycles. The molecule has 0 aliphatic heterocycles. The molecule has 1 aliphatic rings. The van der Waals surface area contributed by atoms with E-state index in [4.69, 9.17) is 16.3 Å². The fourth-order valence-electron chi connectivity index (χ4n) is 2.08. The molecule has 0 amide bonds. The summed E-state index contributed by atoms with van der Waals surface area (Å²) in [5.74, 6) is 0.799. The molecule has 0 bridgehead atoms. The number of aliphatic hydroxyl groups is 1. The molecule has 2 atom stereocenters. The standard InChI is InChI=1S/C13H17ClO2/c1-9-8-10(6-7-11(9)14)16-13-5-3-2-4-12(13)15/h6-8,12-13,15H,2-5H2,1H3. The van der Waals surface area contributed by atoms with Gasteiger partial charge in [-0.25, -0.2) is 0 Å². The number of halogens is 1. The van der Waals surface area contributed by atoms with Gasteiger partial charge in [-0.3, -0.25) is 0 Å². The summed E-state index contributed by atoms with van der Waals surface area (Å²) in [4.78, 5) is 0. The average Bonchev–Trinajstić information content (AvgIpc) is 2.27. The van der Waals surface area contributed by atoms with Crippen molar-refractivity contribution < 1.29 is 9.84 Å². The van der Waals surface area contributed by atoms with Crippen LogP contribution in [0.5, 0.6) is 5.75 Å². The number of hydrogen-bond acceptors (Lipinski definition) is 2. The molecule has 1 aromatic rings. The molecular formula is C13H17ClO2. The molecule has 1 saturated carbocycles. The van der Waals surface area contributed by atoms with Gasteiger partial charge in [-0.2, -0.15) is 0 Å². The van der Waals surface area contributed by atoms with Crippen molar-refractivity contribution in [2.75, 3.05) is 0 Å². The molecule has 3 heteroatoms. The lowest BCUT2D eigenvalue weighted by Gasteiger charge is -2.28. The normalized spacial score (nSPS) is 25.4. The Labute approximate surface area is 101 Å². The van der Waals surface area contributed by atoms with Crippen LogP contribution in [0, 0.1) is 6.92 Å². The van der Waals surface area contributed by atoms with Crippen LogP contribution in [-0.4, -0.2) is 17.3 Å². The van der Waals surface area contributed by atoms with Crippen molar-refractivity contribution in [1.29, 1.82) is 0 Å². The topological polar surface area (TPSA) is 29.5 Å². The lowest BCUT2D eigenvalue weighted by molar-refractivity contribution is 0.00685. The van der Waals surface area contributed by atoms with Crippen LogP contribution in [-0.2, 0) is 0 Å². The third kappa shape index (κ3) is 2.69. The Morgan fingerprint density at radius 3 is 2.75 bits per heavy atom. The molecule has 0 aromatic heterocycles. The lowest BCUT2D eigenvalue weighted by Crippen LogP contribution is -2.34. The minimum absolute atomic E-state index is 0.0608. The van der Waals surface area contributed by atoms with Crippen LogP contribution < -0.4 is 4.74 Å². The second-order valence-electron chi connectivity index (χ2n) is 4.42. The summed E-state index contributed by atoms with van der Waals surface area (Å²) in [6.45, 7) is 1.95. The first-order chi connectivity index (χ1) is 7.66. The van der Waals surface area contributed by atoms with E-state index < -0.39 is 0 Å². The Morgan fingerprint density at radius 2 is 2.06 bits per heavy atom. The van der Waals surface area contributed by atoms with Gasteiger partial charge in [0.1, 0.15) is 11.9 Å². The van der Waals surface area contributed by atoms with Gasteiger partial charge in [0.25, 0.3) is 0 Å². The van der Waals surface area contributed by atoms with E-state index in [1.54, 1.807) is 0 Å². The van der Waals surface area contributed by atoms with Gasteiger partial charge in [-0.1, -0.05) is 18.0 Å². The molecule has 2 rings (SSSR count). The predicted octanol–water partition coefficient (Wildman–Crippen LogP) is 3.33. The number of aryl methyl sites for hydroxylation is 1. The summed E-state index contributed by atoms with van der Waals surface area (Å²) in [6.07, 6.45) is 3.62. The number of rotatable bonds is 2. The van der Waals surface area contributed by atoms with E-state index in [9.17, 15) is 5.11 Å². The zero-order valence-corrected chi connectivity index (χ0v) is 10.2. The highest BCUT2D eigenvalue weighted by atomic mass is 35.5. The van der Waals surface area contributed by atoms with E-state index >= 15 is 0 Å². The second kappa shape index (κ2) is 5.07. The van der Waals surface area contributed by atoms with Crippen molar-refractivity contribution in [1.82, 2.24) is 0 Å². The Balaban J connectivity index is 2.05. The van der Waals surface area contributed by atoms with E-state index in [1.807, 2.05) is 25.1 Å². The molecule has 1 fully saturated rings. The minimum atomic E-state index is -0.329. The largest absolute Gasteiger partial charge is 0.488 e. The van der Waals surface area contributed by atoms with E-state index in [-0.39, 0.29) is 12.2 Å². The molecule has 0 radical (unpaired) electrons. The molecule has 1 N–H and O–H groups in total. The van der Waals surface area contributed by atoms with Gasteiger partial charge in [0, 0.05) is 5.02 Å². The summed E-state index contributed by atoms with van der Waals surface area (Å²) >= 11 is 5.95. The average molecular weight is 241 g/mol. The summed E-state index contributed by atoms with van der Waals surface area (Å²) < 4.78 is 5.79. The van der Waals surface area contributed by atoms with Crippen molar-refractivity contribution in [3.8, 4) is 5.75 Å². The number of hydrogen-bond donors (Lipinski definition) is 1. The van der Waals surface area contributed by atoms with Crippen LogP contribution in [0.2, 0.25) is 5.02 Å². The van der Waals surface area contributed by atoms with Crippen LogP contribution in [0.1, 0.15) is 31.2 Å². The zero-order valence-electron chi connectivity index (χ0n) is 9.45. The van der Waals surface area contributed by atoms with Crippen molar-refractivity contribution in [2.24, 2.45) is 0 Å². The molecule has 1 aliphatic carbocycles. The molecule has 16 heavy (non-hydrogen) atoms. The Bertz CT molecular complexity index is 365. The van der Waals surface area contributed by atoms with E-state index in [2.05, 4.69) is 0 Å². The van der Waals surface area contributed by atoms with Gasteiger partial charge in [0.15, 0.2) is 0 Å². The smallest absolute Gasteiger partial charge is 0.124 e. The lowest BCUT2D eigenvalue weighted by atomic mass is 9.95. The van der Waals surface area contributed by atoms with Crippen molar-refractivity contribution >= 4 is 11.6 Å². The summed E-state index contributed by atoms with van der Waals surface area (Å²) in [5.41, 5.74) is 1.00. The Hall–Kier alpha value is -0.730. The van der Waals surface area contributed by atoms with Crippen molar-refractivity contribution in [2.45, 2.75) is 44.8 Å². The van der Waals surface area contributed by atoms with Crippen LogP contribution in [0.15, 0.2) is 18.2 Å². The highest BCUT2D eigenvalue weighted by molar-refractivity contribution is 6.31. The van der Waals surface area contributed by atoms with Gasteiger partial charge in [-0.05, 0) is 49.9 Å². The monoisotopic (exact) mass is 240 g/mol. The summed E-state index contributed by atoms with van der Waals surface area (Å²) in [7, 11) is 0. The minimum Gasteiger partial charge on any atom is -0.488 e. The summed E-state index contributed by atoms with van der Waals surface area (Å²) in [5, 5.41) is 10.5. The molecule has 2 unspecified atom stereocenters. The highest BCUT2D eigenvalue weighted by Crippen LogP contribution is 2.26. The Morgan fingerprint density at radius 1 is 1.31 bits per heavy atom. The van der Waals surface area contributed by atoms with E-state index in [0.29, 0.717) is 0 Å². The van der Waals surface area contributed by atoms with Gasteiger partial charge in [0.05, 0.1) is 6.10 Å². The maximum absolute atomic E-state index is 9.80. The van der Waals surface area contributed by atoms with Crippen molar-refractivity contribution in [3.05, 3.63) is 28.8 Å². The molecule has 0 spiro atoms. The fourth-order valence-corrected chi connectivity index (χ4v) is 2.20. The van der Waals surface area contributed by atoms with Crippen LogP contribution in [0.4, 0.5) is 0 Å². The maximum Gasteiger partial charge on any atom is 0.124 e. The SMILES string of the molecule is Cc1cc(OC2CCCCC2O)ccc1Cl. The Kier molecular flexibility index (Phi) is 3.72. The third-order valence-corrected chi connectivity index (χ3v) is 3.51. The molecule has 2 nitrogen and oxygen atoms in total. The fraction of sp³-hybridized carbons (Fsp3) is 0.538. The molecule has 1 aromatic carbocycles. The number of benzene rings is 1. The maximum atomic E-state index is 9.80. The first-order valence-electron chi connectivity index (χ1n) is 5.77. The van der Waals surface area contributed by atoms with Gasteiger partial charge >= 0.3 is 0 Å². The first-order valence-corrected chi connectivity index (χ1v) is 6.15. The summed E-state index contributed by atoms with van der Waals surface area (Å²) in [6, 6.07) is 5.61. The van der Waals surface area contributed by atoms with Crippen molar-refractivity contribution in [3.63, 3.8) is 0 Å². The van der Waals surface area contributed by atoms with Crippen LogP contribution >= 0.6 is 11.6 Å². The predicted molar refractivity (Wildman–Crippen MR) is 65.1 cm³/mol. The number of ether oxygens (including phenoxy) is 1. The van der Waals surface area contributed by atoms with Gasteiger partial charge < -0.3 is 9.84 Å². The van der Waals surface area contributed by atoms with Crippen LogP contribution in [0.25, 0.3) is 0 Å². The molecule has 88 valence electrons. The highest BCUT2D eigenvalue weighted by Gasteiger charge is 2.24. The van der Waals surface area contributed by atoms with E-state index in [0.717, 1.165) is 42.0 Å². The van der Waals surface area contributed by atoms with E-state index in [1.165, 1.54) is 0 Å². The molecule has 0 heterocycles. The zero-order chi connectivity index (χ0) is 11.5. The quantitative estimate of drug-likeness (QED) is 0.859. The number of aliphatic hydroxyl groups excluding tert-OH is 1. The first kappa shape index (κ1) is 11.7. The third-order valence-electron chi connectivity index (χ3n) is 3.08. The van der Waals surface area contributed by atoms with Crippen LogP contribution in [0.3, 0.4) is 0 Å². The van der Waals surface area contributed by atoms with Gasteiger partial charge in [-0.15, -0.1) is 0 Å². The second-order valence-corrected chi connectivity index (χ2v) is 4.83. The molecular weight excluding hydrogens is 224 g/mol. The van der Waals surface area contributed by atoms with Gasteiger partial charge in [0.2, 0.25) is 0 Å².